The van der Waals surface area contributed by atoms with Gasteiger partial charge in [-0.15, -0.1) is 0 Å². The Labute approximate surface area is 141 Å². The van der Waals surface area contributed by atoms with Crippen LogP contribution in [0.4, 0.5) is 0 Å². The first-order valence-corrected chi connectivity index (χ1v) is 8.15. The molecule has 132 valence electrons. The maximum atomic E-state index is 13.0. The first-order valence-electron chi connectivity index (χ1n) is 8.15. The zero-order valence-electron chi connectivity index (χ0n) is 14.9. The summed E-state index contributed by atoms with van der Waals surface area (Å²) in [7, 11) is 5.38. The van der Waals surface area contributed by atoms with E-state index in [1.165, 1.54) is 0 Å². The molecule has 1 aromatic heterocycles. The Morgan fingerprint density at radius 1 is 1.33 bits per heavy atom. The highest BCUT2D eigenvalue weighted by Gasteiger charge is 2.52. The second-order valence-electron chi connectivity index (χ2n) is 7.08. The number of nitrogens with zero attached hydrogens (tertiary/aromatic N) is 4. The SMILES string of the molecule is C[C@@H]1Cc2c(nn(C)c2C(=O)N2CC(C(N)=O)(N(C)C)C2)[C@H](C)O1. The number of ether oxygens (including phenoxy) is 1. The second kappa shape index (κ2) is 5.56. The number of fused-ring (bicyclic) bond motifs is 1. The van der Waals surface area contributed by atoms with Crippen LogP contribution < -0.4 is 5.73 Å². The fraction of sp³-hybridized carbons (Fsp3) is 0.688. The van der Waals surface area contributed by atoms with E-state index >= 15 is 0 Å². The number of aryl methyl sites for hydroxylation is 1. The zero-order chi connectivity index (χ0) is 17.8. The quantitative estimate of drug-likeness (QED) is 0.817. The number of likely N-dealkylation sites (N-methyl/N-ethyl adjacent to an activating group) is 1. The van der Waals surface area contributed by atoms with E-state index in [2.05, 4.69) is 5.10 Å². The molecule has 2 aliphatic rings. The molecule has 0 bridgehead atoms. The van der Waals surface area contributed by atoms with Crippen LogP contribution in [0.3, 0.4) is 0 Å². The minimum Gasteiger partial charge on any atom is -0.369 e. The highest BCUT2D eigenvalue weighted by atomic mass is 16.5. The molecule has 2 aliphatic heterocycles. The van der Waals surface area contributed by atoms with Gasteiger partial charge >= 0.3 is 0 Å². The van der Waals surface area contributed by atoms with Crippen molar-refractivity contribution < 1.29 is 14.3 Å². The van der Waals surface area contributed by atoms with Crippen LogP contribution in [0.15, 0.2) is 0 Å². The average molecular weight is 335 g/mol. The van der Waals surface area contributed by atoms with Crippen molar-refractivity contribution in [1.82, 2.24) is 19.6 Å². The van der Waals surface area contributed by atoms with Crippen molar-refractivity contribution in [3.8, 4) is 0 Å². The highest BCUT2D eigenvalue weighted by molar-refractivity contribution is 5.98. The maximum absolute atomic E-state index is 13.0. The van der Waals surface area contributed by atoms with E-state index in [1.807, 2.05) is 13.8 Å². The summed E-state index contributed by atoms with van der Waals surface area (Å²) in [5, 5.41) is 4.48. The first kappa shape index (κ1) is 16.9. The molecule has 0 aliphatic carbocycles. The molecule has 0 spiro atoms. The van der Waals surface area contributed by atoms with E-state index in [4.69, 9.17) is 10.5 Å². The minimum atomic E-state index is -0.780. The number of likely N-dealkylation sites (tertiary alicyclic amines) is 1. The van der Waals surface area contributed by atoms with Crippen molar-refractivity contribution in [3.05, 3.63) is 17.0 Å². The summed E-state index contributed by atoms with van der Waals surface area (Å²) >= 11 is 0. The van der Waals surface area contributed by atoms with E-state index in [-0.39, 0.29) is 18.1 Å². The molecule has 3 rings (SSSR count). The molecule has 1 fully saturated rings. The lowest BCUT2D eigenvalue weighted by Crippen LogP contribution is -2.75. The van der Waals surface area contributed by atoms with Crippen molar-refractivity contribution in [3.63, 3.8) is 0 Å². The molecule has 3 heterocycles. The molecule has 2 amide bonds. The normalized spacial score (nSPS) is 25.3. The molecule has 1 saturated heterocycles. The van der Waals surface area contributed by atoms with E-state index in [9.17, 15) is 9.59 Å². The largest absolute Gasteiger partial charge is 0.369 e. The van der Waals surface area contributed by atoms with Crippen LogP contribution >= 0.6 is 0 Å². The smallest absolute Gasteiger partial charge is 0.272 e. The van der Waals surface area contributed by atoms with Gasteiger partial charge in [-0.05, 0) is 27.9 Å². The van der Waals surface area contributed by atoms with Crippen LogP contribution in [0, 0.1) is 0 Å². The zero-order valence-corrected chi connectivity index (χ0v) is 14.9. The van der Waals surface area contributed by atoms with Crippen LogP contribution in [0.1, 0.15) is 41.7 Å². The Bertz CT molecular complexity index is 690. The van der Waals surface area contributed by atoms with Crippen molar-refractivity contribution >= 4 is 11.8 Å². The van der Waals surface area contributed by atoms with Gasteiger partial charge in [0.05, 0.1) is 31.0 Å². The monoisotopic (exact) mass is 335 g/mol. The van der Waals surface area contributed by atoms with Crippen molar-refractivity contribution in [2.75, 3.05) is 27.2 Å². The van der Waals surface area contributed by atoms with Crippen LogP contribution in [-0.2, 0) is 23.0 Å². The molecule has 0 saturated carbocycles. The van der Waals surface area contributed by atoms with Gasteiger partial charge in [-0.25, -0.2) is 0 Å². The van der Waals surface area contributed by atoms with E-state index in [1.54, 1.807) is 35.6 Å². The second-order valence-corrected chi connectivity index (χ2v) is 7.08. The van der Waals surface area contributed by atoms with Gasteiger partial charge in [0.1, 0.15) is 11.2 Å². The Kier molecular flexibility index (Phi) is 3.92. The summed E-state index contributed by atoms with van der Waals surface area (Å²) in [6, 6.07) is 0. The molecule has 2 atom stereocenters. The van der Waals surface area contributed by atoms with Crippen LogP contribution in [0.25, 0.3) is 0 Å². The molecule has 0 aromatic carbocycles. The van der Waals surface area contributed by atoms with Gasteiger partial charge < -0.3 is 15.4 Å². The van der Waals surface area contributed by atoms with E-state index in [0.717, 1.165) is 11.3 Å². The molecular formula is C16H25N5O3. The van der Waals surface area contributed by atoms with E-state index < -0.39 is 11.4 Å². The number of carbonyl (C=O) groups excluding carboxylic acids is 2. The summed E-state index contributed by atoms with van der Waals surface area (Å²) < 4.78 is 7.42. The molecular weight excluding hydrogens is 310 g/mol. The predicted octanol–water partition coefficient (Wildman–Crippen LogP) is -0.316. The fourth-order valence-electron chi connectivity index (χ4n) is 3.67. The first-order chi connectivity index (χ1) is 11.2. The maximum Gasteiger partial charge on any atom is 0.272 e. The van der Waals surface area contributed by atoms with Crippen LogP contribution in [0.2, 0.25) is 0 Å². The molecule has 24 heavy (non-hydrogen) atoms. The van der Waals surface area contributed by atoms with Crippen molar-refractivity contribution in [2.45, 2.75) is 38.0 Å². The summed E-state index contributed by atoms with van der Waals surface area (Å²) in [5.41, 5.74) is 7.13. The molecule has 2 N–H and O–H groups in total. The molecule has 0 unspecified atom stereocenters. The Morgan fingerprint density at radius 2 is 1.96 bits per heavy atom. The van der Waals surface area contributed by atoms with Gasteiger partial charge in [0.15, 0.2) is 0 Å². The van der Waals surface area contributed by atoms with E-state index in [0.29, 0.717) is 25.2 Å². The number of nitrogens with two attached hydrogens (primary N) is 1. The lowest BCUT2D eigenvalue weighted by atomic mass is 9.86. The third-order valence-corrected chi connectivity index (χ3v) is 5.20. The van der Waals surface area contributed by atoms with Gasteiger partial charge in [-0.1, -0.05) is 0 Å². The predicted molar refractivity (Wildman–Crippen MR) is 87.4 cm³/mol. The third kappa shape index (κ3) is 2.32. The molecule has 0 radical (unpaired) electrons. The summed E-state index contributed by atoms with van der Waals surface area (Å²) in [6.07, 6.45) is 0.586. The number of carbonyl (C=O) groups is 2. The number of rotatable bonds is 3. The number of amides is 2. The van der Waals surface area contributed by atoms with Gasteiger partial charge in [-0.2, -0.15) is 5.10 Å². The number of primary amides is 1. The molecule has 1 aromatic rings. The third-order valence-electron chi connectivity index (χ3n) is 5.20. The van der Waals surface area contributed by atoms with Crippen molar-refractivity contribution in [2.24, 2.45) is 12.8 Å². The minimum absolute atomic E-state index is 0.0473. The topological polar surface area (TPSA) is 93.7 Å². The average Bonchev–Trinajstić information content (AvgIpc) is 2.73. The number of hydrogen-bond donors (Lipinski definition) is 1. The lowest BCUT2D eigenvalue weighted by Gasteiger charge is -2.51. The van der Waals surface area contributed by atoms with Gasteiger partial charge in [0.25, 0.3) is 5.91 Å². The summed E-state index contributed by atoms with van der Waals surface area (Å²) in [5.74, 6) is -0.509. The van der Waals surface area contributed by atoms with Gasteiger partial charge in [-0.3, -0.25) is 19.2 Å². The number of aromatic nitrogens is 2. The lowest BCUT2D eigenvalue weighted by molar-refractivity contribution is -0.137. The molecule has 8 nitrogen and oxygen atoms in total. The fourth-order valence-corrected chi connectivity index (χ4v) is 3.67. The van der Waals surface area contributed by atoms with Crippen LogP contribution in [0.5, 0.6) is 0 Å². The standard InChI is InChI=1S/C16H25N5O3/c1-9-6-11-12(10(2)24-9)18-20(5)13(11)14(22)21-7-16(8-21,15(17)23)19(3)4/h9-10H,6-8H2,1-5H3,(H2,17,23)/t9-,10+/m1/s1. The summed E-state index contributed by atoms with van der Waals surface area (Å²) in [6.45, 7) is 4.55. The van der Waals surface area contributed by atoms with Crippen LogP contribution in [-0.4, -0.2) is 70.2 Å². The number of hydrogen-bond acceptors (Lipinski definition) is 5. The van der Waals surface area contributed by atoms with Crippen molar-refractivity contribution in [1.29, 1.82) is 0 Å². The van der Waals surface area contributed by atoms with Gasteiger partial charge in [0.2, 0.25) is 5.91 Å². The molecule has 8 heteroatoms. The van der Waals surface area contributed by atoms with Gasteiger partial charge in [0, 0.05) is 19.0 Å². The Hall–Kier alpha value is -1.93. The Morgan fingerprint density at radius 3 is 2.50 bits per heavy atom. The Balaban J connectivity index is 1.87. The highest BCUT2D eigenvalue weighted by Crippen LogP contribution is 2.33. The summed E-state index contributed by atoms with van der Waals surface area (Å²) in [4.78, 5) is 28.2.